The Hall–Kier alpha value is -1.72. The lowest BCUT2D eigenvalue weighted by atomic mass is 10.1. The van der Waals surface area contributed by atoms with Crippen LogP contribution in [0.2, 0.25) is 0 Å². The van der Waals surface area contributed by atoms with Crippen LogP contribution in [0.15, 0.2) is 60.7 Å². The molecule has 0 unspecified atom stereocenters. The first-order chi connectivity index (χ1) is 11.3. The zero-order chi connectivity index (χ0) is 15.9. The molecule has 4 heteroatoms. The van der Waals surface area contributed by atoms with Crippen LogP contribution in [0.4, 0.5) is 0 Å². The third-order valence-corrected chi connectivity index (χ3v) is 4.00. The van der Waals surface area contributed by atoms with Crippen LogP contribution in [0, 0.1) is 0 Å². The molecule has 0 aliphatic carbocycles. The van der Waals surface area contributed by atoms with Crippen molar-refractivity contribution in [1.29, 1.82) is 0 Å². The highest BCUT2D eigenvalue weighted by atomic mass is 16.6. The zero-order valence-corrected chi connectivity index (χ0v) is 13.1. The summed E-state index contributed by atoms with van der Waals surface area (Å²) in [5, 5.41) is 0. The van der Waals surface area contributed by atoms with Gasteiger partial charge in [-0.2, -0.15) is 0 Å². The minimum Gasteiger partial charge on any atom is -0.371 e. The maximum absolute atomic E-state index is 6.08. The molecule has 0 spiro atoms. The molecule has 0 radical (unpaired) electrons. The number of ether oxygens (including phenoxy) is 3. The maximum Gasteiger partial charge on any atom is 0.134 e. The van der Waals surface area contributed by atoms with Gasteiger partial charge in [-0.3, -0.25) is 0 Å². The molecule has 4 nitrogen and oxygen atoms in total. The van der Waals surface area contributed by atoms with E-state index < -0.39 is 6.23 Å². The van der Waals surface area contributed by atoms with E-state index in [2.05, 4.69) is 12.1 Å². The second-order valence-corrected chi connectivity index (χ2v) is 5.72. The highest BCUT2D eigenvalue weighted by molar-refractivity contribution is 5.14. The Morgan fingerprint density at radius 3 is 2.04 bits per heavy atom. The minimum atomic E-state index is -0.451. The Kier molecular flexibility index (Phi) is 5.77. The van der Waals surface area contributed by atoms with Crippen LogP contribution in [0.5, 0.6) is 0 Å². The van der Waals surface area contributed by atoms with E-state index in [1.165, 1.54) is 0 Å². The summed E-state index contributed by atoms with van der Waals surface area (Å²) in [6, 6.07) is 20.2. The van der Waals surface area contributed by atoms with Gasteiger partial charge in [-0.15, -0.1) is 0 Å². The van der Waals surface area contributed by atoms with E-state index in [0.717, 1.165) is 17.5 Å². The van der Waals surface area contributed by atoms with E-state index in [0.29, 0.717) is 19.8 Å². The van der Waals surface area contributed by atoms with E-state index in [-0.39, 0.29) is 12.2 Å². The molecule has 1 aliphatic heterocycles. The van der Waals surface area contributed by atoms with Crippen LogP contribution in [0.3, 0.4) is 0 Å². The summed E-state index contributed by atoms with van der Waals surface area (Å²) in [5.41, 5.74) is 8.34. The molecule has 0 aromatic heterocycles. The first-order valence-electron chi connectivity index (χ1n) is 8.01. The van der Waals surface area contributed by atoms with Crippen molar-refractivity contribution in [3.8, 4) is 0 Å². The van der Waals surface area contributed by atoms with Gasteiger partial charge in [0.15, 0.2) is 0 Å². The average molecular weight is 313 g/mol. The van der Waals surface area contributed by atoms with Gasteiger partial charge in [-0.05, 0) is 17.5 Å². The second kappa shape index (κ2) is 8.22. The number of hydrogen-bond donors (Lipinski definition) is 1. The first kappa shape index (κ1) is 16.1. The molecule has 0 amide bonds. The Labute approximate surface area is 137 Å². The van der Waals surface area contributed by atoms with Crippen LogP contribution >= 0.6 is 0 Å². The highest BCUT2D eigenvalue weighted by Crippen LogP contribution is 2.21. The summed E-state index contributed by atoms with van der Waals surface area (Å²) >= 11 is 0. The lowest BCUT2D eigenvalue weighted by Crippen LogP contribution is -2.51. The number of nitrogens with two attached hydrogens (primary N) is 1. The number of benzene rings is 2. The van der Waals surface area contributed by atoms with Gasteiger partial charge in [0.05, 0.1) is 25.9 Å². The molecule has 2 aromatic rings. The van der Waals surface area contributed by atoms with Gasteiger partial charge in [-0.1, -0.05) is 60.7 Å². The van der Waals surface area contributed by atoms with Crippen molar-refractivity contribution in [2.75, 3.05) is 6.61 Å². The molecule has 3 rings (SSSR count). The summed E-state index contributed by atoms with van der Waals surface area (Å²) < 4.78 is 17.6. The molecule has 3 atom stereocenters. The molecule has 2 N–H and O–H groups in total. The smallest absolute Gasteiger partial charge is 0.134 e. The maximum atomic E-state index is 6.08. The van der Waals surface area contributed by atoms with Gasteiger partial charge in [0.1, 0.15) is 12.3 Å². The van der Waals surface area contributed by atoms with E-state index in [4.69, 9.17) is 19.9 Å². The zero-order valence-electron chi connectivity index (χ0n) is 13.1. The van der Waals surface area contributed by atoms with Crippen molar-refractivity contribution >= 4 is 0 Å². The van der Waals surface area contributed by atoms with Gasteiger partial charge in [0.2, 0.25) is 0 Å². The lowest BCUT2D eigenvalue weighted by molar-refractivity contribution is -0.182. The Balaban J connectivity index is 1.58. The molecule has 122 valence electrons. The largest absolute Gasteiger partial charge is 0.371 e. The molecule has 2 aromatic carbocycles. The normalized spacial score (nSPS) is 24.5. The van der Waals surface area contributed by atoms with Gasteiger partial charge >= 0.3 is 0 Å². The Morgan fingerprint density at radius 1 is 0.870 bits per heavy atom. The third-order valence-electron chi connectivity index (χ3n) is 4.00. The first-order valence-corrected chi connectivity index (χ1v) is 8.01. The highest BCUT2D eigenvalue weighted by Gasteiger charge is 2.33. The van der Waals surface area contributed by atoms with Gasteiger partial charge < -0.3 is 19.9 Å². The molecule has 0 saturated carbocycles. The van der Waals surface area contributed by atoms with Gasteiger partial charge in [0, 0.05) is 0 Å². The Bertz CT molecular complexity index is 576. The molecular weight excluding hydrogens is 290 g/mol. The molecule has 0 bridgehead atoms. The minimum absolute atomic E-state index is 0.0531. The van der Waals surface area contributed by atoms with E-state index in [1.54, 1.807) is 0 Å². The fourth-order valence-corrected chi connectivity index (χ4v) is 2.72. The van der Waals surface area contributed by atoms with Crippen molar-refractivity contribution in [3.63, 3.8) is 0 Å². The fraction of sp³-hybridized carbons (Fsp3) is 0.368. The third kappa shape index (κ3) is 4.62. The monoisotopic (exact) mass is 313 g/mol. The quantitative estimate of drug-likeness (QED) is 0.891. The van der Waals surface area contributed by atoms with E-state index >= 15 is 0 Å². The van der Waals surface area contributed by atoms with Crippen molar-refractivity contribution in [2.45, 2.75) is 38.1 Å². The van der Waals surface area contributed by atoms with Crippen molar-refractivity contribution in [1.82, 2.24) is 0 Å². The summed E-state index contributed by atoms with van der Waals surface area (Å²) in [5.74, 6) is 0. The van der Waals surface area contributed by atoms with Crippen molar-refractivity contribution in [2.24, 2.45) is 5.73 Å². The Morgan fingerprint density at radius 2 is 1.43 bits per heavy atom. The predicted molar refractivity (Wildman–Crippen MR) is 88.6 cm³/mol. The number of hydrogen-bond acceptors (Lipinski definition) is 4. The summed E-state index contributed by atoms with van der Waals surface area (Å²) in [6.07, 6.45) is 0.0311. The summed E-state index contributed by atoms with van der Waals surface area (Å²) in [6.45, 7) is 1.67. The van der Waals surface area contributed by atoms with Gasteiger partial charge in [0.25, 0.3) is 0 Å². The SMILES string of the molecule is N[C@@H]1OCC[C@@H](OCc2ccccc2)[C@@H]1OCc1ccccc1. The molecule has 1 fully saturated rings. The van der Waals surface area contributed by atoms with Gasteiger partial charge in [-0.25, -0.2) is 0 Å². The van der Waals surface area contributed by atoms with Crippen LogP contribution in [0.1, 0.15) is 17.5 Å². The fourth-order valence-electron chi connectivity index (χ4n) is 2.72. The molecule has 1 aliphatic rings. The molecule has 1 heterocycles. The second-order valence-electron chi connectivity index (χ2n) is 5.72. The van der Waals surface area contributed by atoms with E-state index in [1.807, 2.05) is 48.5 Å². The lowest BCUT2D eigenvalue weighted by Gasteiger charge is -2.35. The van der Waals surface area contributed by atoms with Crippen molar-refractivity contribution < 1.29 is 14.2 Å². The van der Waals surface area contributed by atoms with Crippen molar-refractivity contribution in [3.05, 3.63) is 71.8 Å². The molecule has 1 saturated heterocycles. The predicted octanol–water partition coefficient (Wildman–Crippen LogP) is 2.86. The van der Waals surface area contributed by atoms with Crippen LogP contribution in [0.25, 0.3) is 0 Å². The summed E-state index contributed by atoms with van der Waals surface area (Å²) in [7, 11) is 0. The van der Waals surface area contributed by atoms with Crippen LogP contribution in [-0.4, -0.2) is 25.0 Å². The van der Waals surface area contributed by atoms with Crippen LogP contribution < -0.4 is 5.73 Å². The topological polar surface area (TPSA) is 53.7 Å². The standard InChI is InChI=1S/C19H23NO3/c20-19-18(23-14-16-9-5-2-6-10-16)17(11-12-21-19)22-13-15-7-3-1-4-8-15/h1-10,17-19H,11-14,20H2/t17-,18+,19-/m1/s1. The number of rotatable bonds is 6. The average Bonchev–Trinajstić information content (AvgIpc) is 2.61. The van der Waals surface area contributed by atoms with E-state index in [9.17, 15) is 0 Å². The summed E-state index contributed by atoms with van der Waals surface area (Å²) in [4.78, 5) is 0. The molecule has 23 heavy (non-hydrogen) atoms. The van der Waals surface area contributed by atoms with Crippen LogP contribution in [-0.2, 0) is 27.4 Å². The molecular formula is C19H23NO3.